The van der Waals surface area contributed by atoms with E-state index in [0.717, 1.165) is 21.7 Å². The van der Waals surface area contributed by atoms with Crippen LogP contribution in [0.15, 0.2) is 77.6 Å². The molecule has 4 aromatic rings. The van der Waals surface area contributed by atoms with Gasteiger partial charge in [0.25, 0.3) is 11.5 Å². The second kappa shape index (κ2) is 6.48. The smallest absolute Gasteiger partial charge is 0.268 e. The van der Waals surface area contributed by atoms with Gasteiger partial charge in [0.2, 0.25) is 0 Å². The number of fused-ring (bicyclic) bond motifs is 2. The molecule has 0 radical (unpaired) electrons. The summed E-state index contributed by atoms with van der Waals surface area (Å²) in [7, 11) is 0. The van der Waals surface area contributed by atoms with Crippen molar-refractivity contribution in [1.29, 1.82) is 0 Å². The number of carbonyl (C=O) groups is 1. The van der Waals surface area contributed by atoms with E-state index in [2.05, 4.69) is 10.3 Å². The highest BCUT2D eigenvalue weighted by molar-refractivity contribution is 5.97. The molecule has 1 heterocycles. The Bertz CT molecular complexity index is 1170. The van der Waals surface area contributed by atoms with Gasteiger partial charge >= 0.3 is 0 Å². The molecule has 0 saturated carbocycles. The number of rotatable bonds is 3. The molecule has 0 fully saturated rings. The molecule has 0 bridgehead atoms. The molecule has 0 aliphatic carbocycles. The lowest BCUT2D eigenvalue weighted by Crippen LogP contribution is -2.29. The largest absolute Gasteiger partial charge is 0.344 e. The van der Waals surface area contributed by atoms with Crippen molar-refractivity contribution in [1.82, 2.24) is 10.3 Å². The number of hydrogen-bond acceptors (Lipinski definition) is 2. The first-order valence-electron chi connectivity index (χ1n) is 8.54. The summed E-state index contributed by atoms with van der Waals surface area (Å²) >= 11 is 0. The van der Waals surface area contributed by atoms with Gasteiger partial charge < -0.3 is 10.3 Å². The molecular formula is C22H18N2O2. The van der Waals surface area contributed by atoms with Crippen LogP contribution < -0.4 is 10.9 Å². The Morgan fingerprint density at radius 3 is 2.35 bits per heavy atom. The quantitative estimate of drug-likeness (QED) is 0.587. The molecule has 4 rings (SSSR count). The fourth-order valence-electron chi connectivity index (χ4n) is 3.31. The van der Waals surface area contributed by atoms with Gasteiger partial charge in [-0.15, -0.1) is 0 Å². The van der Waals surface area contributed by atoms with Crippen molar-refractivity contribution in [3.8, 4) is 0 Å². The monoisotopic (exact) mass is 342 g/mol. The maximum Gasteiger partial charge on any atom is 0.268 e. The van der Waals surface area contributed by atoms with Crippen LogP contribution in [0.5, 0.6) is 0 Å². The van der Waals surface area contributed by atoms with Gasteiger partial charge in [-0.2, -0.15) is 0 Å². The molecule has 0 saturated heterocycles. The van der Waals surface area contributed by atoms with Crippen molar-refractivity contribution in [3.63, 3.8) is 0 Å². The Balaban J connectivity index is 1.66. The highest BCUT2D eigenvalue weighted by Gasteiger charge is 2.15. The van der Waals surface area contributed by atoms with E-state index in [1.54, 1.807) is 18.2 Å². The molecule has 1 amide bonds. The maximum atomic E-state index is 12.7. The molecule has 1 aromatic heterocycles. The van der Waals surface area contributed by atoms with E-state index in [0.29, 0.717) is 5.39 Å². The molecule has 3 aromatic carbocycles. The van der Waals surface area contributed by atoms with Crippen molar-refractivity contribution in [2.45, 2.75) is 13.0 Å². The third-order valence-electron chi connectivity index (χ3n) is 4.64. The first kappa shape index (κ1) is 16.1. The van der Waals surface area contributed by atoms with Gasteiger partial charge in [-0.1, -0.05) is 60.7 Å². The third-order valence-corrected chi connectivity index (χ3v) is 4.64. The average Bonchev–Trinajstić information content (AvgIpc) is 2.67. The van der Waals surface area contributed by atoms with Crippen LogP contribution in [-0.4, -0.2) is 10.9 Å². The van der Waals surface area contributed by atoms with Gasteiger partial charge in [-0.3, -0.25) is 9.59 Å². The predicted octanol–water partition coefficient (Wildman–Crippen LogP) is 4.17. The summed E-state index contributed by atoms with van der Waals surface area (Å²) in [5.41, 5.74) is 1.05. The van der Waals surface area contributed by atoms with Crippen LogP contribution >= 0.6 is 0 Å². The molecule has 0 aliphatic heterocycles. The van der Waals surface area contributed by atoms with E-state index in [-0.39, 0.29) is 23.2 Å². The zero-order valence-electron chi connectivity index (χ0n) is 14.3. The van der Waals surface area contributed by atoms with Crippen molar-refractivity contribution in [2.75, 3.05) is 0 Å². The van der Waals surface area contributed by atoms with E-state index >= 15 is 0 Å². The molecule has 4 heteroatoms. The summed E-state index contributed by atoms with van der Waals surface area (Å²) in [6.45, 7) is 1.94. The molecule has 4 nitrogen and oxygen atoms in total. The number of amides is 1. The van der Waals surface area contributed by atoms with Gasteiger partial charge in [0, 0.05) is 5.39 Å². The first-order chi connectivity index (χ1) is 12.6. The van der Waals surface area contributed by atoms with Gasteiger partial charge in [0.15, 0.2) is 0 Å². The summed E-state index contributed by atoms with van der Waals surface area (Å²) in [4.78, 5) is 27.6. The molecule has 0 spiro atoms. The SMILES string of the molecule is CC(NC(=O)c1cc2ccccc2c(=O)[nH]1)c1cccc2ccccc12. The van der Waals surface area contributed by atoms with Crippen LogP contribution in [0.2, 0.25) is 0 Å². The summed E-state index contributed by atoms with van der Waals surface area (Å²) in [5, 5.41) is 6.55. The topological polar surface area (TPSA) is 62.0 Å². The molecule has 1 unspecified atom stereocenters. The number of carbonyl (C=O) groups excluding carboxylic acids is 1. The number of H-pyrrole nitrogens is 1. The van der Waals surface area contributed by atoms with Crippen LogP contribution in [0.3, 0.4) is 0 Å². The number of hydrogen-bond donors (Lipinski definition) is 2. The second-order valence-electron chi connectivity index (χ2n) is 6.36. The Morgan fingerprint density at radius 1 is 0.885 bits per heavy atom. The lowest BCUT2D eigenvalue weighted by atomic mass is 9.99. The summed E-state index contributed by atoms with van der Waals surface area (Å²) < 4.78 is 0. The summed E-state index contributed by atoms with van der Waals surface area (Å²) in [6.07, 6.45) is 0. The minimum Gasteiger partial charge on any atom is -0.344 e. The molecular weight excluding hydrogens is 324 g/mol. The van der Waals surface area contributed by atoms with Crippen molar-refractivity contribution in [3.05, 3.63) is 94.4 Å². The van der Waals surface area contributed by atoms with Gasteiger partial charge in [0.05, 0.1) is 6.04 Å². The van der Waals surface area contributed by atoms with Crippen LogP contribution in [0.1, 0.15) is 29.0 Å². The fourth-order valence-corrected chi connectivity index (χ4v) is 3.31. The normalized spacial score (nSPS) is 12.2. The summed E-state index contributed by atoms with van der Waals surface area (Å²) in [5.74, 6) is -0.298. The maximum absolute atomic E-state index is 12.7. The highest BCUT2D eigenvalue weighted by atomic mass is 16.2. The van der Waals surface area contributed by atoms with Gasteiger partial charge in [-0.05, 0) is 40.8 Å². The second-order valence-corrected chi connectivity index (χ2v) is 6.36. The molecule has 26 heavy (non-hydrogen) atoms. The lowest BCUT2D eigenvalue weighted by molar-refractivity contribution is 0.0935. The number of aromatic amines is 1. The van der Waals surface area contributed by atoms with Gasteiger partial charge in [-0.25, -0.2) is 0 Å². The van der Waals surface area contributed by atoms with E-state index in [1.807, 2.05) is 61.5 Å². The Labute approximate surface area is 150 Å². The van der Waals surface area contributed by atoms with E-state index < -0.39 is 0 Å². The number of aromatic nitrogens is 1. The average molecular weight is 342 g/mol. The van der Waals surface area contributed by atoms with E-state index in [1.165, 1.54) is 0 Å². The van der Waals surface area contributed by atoms with E-state index in [4.69, 9.17) is 0 Å². The standard InChI is InChI=1S/C22H18N2O2/c1-14(17-12-6-9-15-7-2-4-10-18(15)17)23-22(26)20-13-16-8-3-5-11-19(16)21(25)24-20/h2-14H,1H3,(H,23,26)(H,24,25). The van der Waals surface area contributed by atoms with Crippen LogP contribution in [0, 0.1) is 0 Å². The Hall–Kier alpha value is -3.40. The molecule has 128 valence electrons. The highest BCUT2D eigenvalue weighted by Crippen LogP contribution is 2.24. The van der Waals surface area contributed by atoms with Crippen molar-refractivity contribution in [2.24, 2.45) is 0 Å². The molecule has 2 N–H and O–H groups in total. The number of pyridine rings is 1. The van der Waals surface area contributed by atoms with Crippen molar-refractivity contribution < 1.29 is 4.79 Å². The number of nitrogens with one attached hydrogen (secondary N) is 2. The van der Waals surface area contributed by atoms with E-state index in [9.17, 15) is 9.59 Å². The van der Waals surface area contributed by atoms with Crippen molar-refractivity contribution >= 4 is 27.5 Å². The van der Waals surface area contributed by atoms with Crippen LogP contribution in [0.25, 0.3) is 21.5 Å². The lowest BCUT2D eigenvalue weighted by Gasteiger charge is -2.16. The Morgan fingerprint density at radius 2 is 1.54 bits per heavy atom. The zero-order chi connectivity index (χ0) is 18.1. The zero-order valence-corrected chi connectivity index (χ0v) is 14.3. The number of benzene rings is 3. The third kappa shape index (κ3) is 2.86. The minimum absolute atomic E-state index is 0.191. The Kier molecular flexibility index (Phi) is 4.01. The predicted molar refractivity (Wildman–Crippen MR) is 104 cm³/mol. The van der Waals surface area contributed by atoms with Crippen LogP contribution in [-0.2, 0) is 0 Å². The van der Waals surface area contributed by atoms with Gasteiger partial charge in [0.1, 0.15) is 5.69 Å². The summed E-state index contributed by atoms with van der Waals surface area (Å²) in [6, 6.07) is 22.9. The fraction of sp³-hybridized carbons (Fsp3) is 0.0909. The first-order valence-corrected chi connectivity index (χ1v) is 8.54. The van der Waals surface area contributed by atoms with Crippen LogP contribution in [0.4, 0.5) is 0 Å². The minimum atomic E-state index is -0.298. The molecule has 0 aliphatic rings. The molecule has 1 atom stereocenters.